The van der Waals surface area contributed by atoms with E-state index in [0.29, 0.717) is 12.0 Å². The Labute approximate surface area is 283 Å². The average Bonchev–Trinajstić information content (AvgIpc) is 3.84. The number of carbonyl (C=O) groups is 2. The van der Waals surface area contributed by atoms with E-state index in [1.54, 1.807) is 16.7 Å². The van der Waals surface area contributed by atoms with Crippen molar-refractivity contribution in [3.05, 3.63) is 91.6 Å². The number of fused-ring (bicyclic) bond motifs is 4. The van der Waals surface area contributed by atoms with Gasteiger partial charge in [-0.05, 0) is 136 Å². The number of pyridine rings is 1. The highest BCUT2D eigenvalue weighted by atomic mass is 19.1. The van der Waals surface area contributed by atoms with E-state index in [2.05, 4.69) is 36.2 Å². The summed E-state index contributed by atoms with van der Waals surface area (Å²) in [6.45, 7) is 9.19. The summed E-state index contributed by atoms with van der Waals surface area (Å²) in [4.78, 5) is 42.4. The fraction of sp³-hybridized carbons (Fsp3) is 0.525. The molecule has 3 aromatic rings. The predicted octanol–water partition coefficient (Wildman–Crippen LogP) is 7.48. The Morgan fingerprint density at radius 3 is 2.33 bits per heavy atom. The molecule has 3 heterocycles. The summed E-state index contributed by atoms with van der Waals surface area (Å²) in [5, 5.41) is 13.0. The number of carbonyl (C=O) groups excluding carboxylic acids is 1. The van der Waals surface area contributed by atoms with Gasteiger partial charge in [0.1, 0.15) is 11.9 Å². The molecule has 3 aliphatic rings. The minimum Gasteiger partial charge on any atom is -0.481 e. The third kappa shape index (κ3) is 7.75. The molecule has 0 radical (unpaired) electrons. The monoisotopic (exact) mass is 655 g/mol. The molecule has 8 heteroatoms. The molecule has 2 fully saturated rings. The molecular formula is C40H50FN3O4. The Morgan fingerprint density at radius 1 is 0.896 bits per heavy atom. The number of rotatable bonds is 7. The molecule has 2 bridgehead atoms. The normalized spacial score (nSPS) is 20.9. The van der Waals surface area contributed by atoms with Crippen LogP contribution in [0, 0.1) is 26.6 Å². The van der Waals surface area contributed by atoms with Crippen LogP contribution in [0.15, 0.2) is 41.3 Å². The molecule has 0 spiro atoms. The highest BCUT2D eigenvalue weighted by Crippen LogP contribution is 2.45. The third-order valence-corrected chi connectivity index (χ3v) is 10.7. The lowest BCUT2D eigenvalue weighted by molar-refractivity contribution is -0.138. The van der Waals surface area contributed by atoms with Crippen molar-refractivity contribution >= 4 is 11.9 Å². The Balaban J connectivity index is 1.43. The van der Waals surface area contributed by atoms with Crippen LogP contribution in [0.25, 0.3) is 11.1 Å². The number of aromatic nitrogens is 1. The molecule has 2 aromatic carbocycles. The Kier molecular flexibility index (Phi) is 10.5. The van der Waals surface area contributed by atoms with Gasteiger partial charge in [-0.1, -0.05) is 43.4 Å². The lowest BCUT2D eigenvalue weighted by atomic mass is 9.86. The predicted molar refractivity (Wildman–Crippen MR) is 187 cm³/mol. The summed E-state index contributed by atoms with van der Waals surface area (Å²) in [6, 6.07) is 7.78. The lowest BCUT2D eigenvalue weighted by Gasteiger charge is -2.31. The van der Waals surface area contributed by atoms with Crippen LogP contribution in [0.5, 0.6) is 0 Å². The van der Waals surface area contributed by atoms with E-state index in [1.165, 1.54) is 17.5 Å². The summed E-state index contributed by atoms with van der Waals surface area (Å²) in [5.41, 5.74) is 7.94. The number of aliphatic carboxylic acids is 1. The second-order valence-electron chi connectivity index (χ2n) is 14.5. The van der Waals surface area contributed by atoms with Gasteiger partial charge in [0.05, 0.1) is 12.5 Å². The molecule has 256 valence electrons. The van der Waals surface area contributed by atoms with Crippen molar-refractivity contribution in [2.75, 3.05) is 19.6 Å². The Hall–Kier alpha value is -3.78. The van der Waals surface area contributed by atoms with Crippen molar-refractivity contribution in [1.29, 1.82) is 0 Å². The fourth-order valence-corrected chi connectivity index (χ4v) is 7.76. The molecule has 7 nitrogen and oxygen atoms in total. The number of hydrogen-bond acceptors (Lipinski definition) is 4. The summed E-state index contributed by atoms with van der Waals surface area (Å²) in [5.74, 6) is -1.93. The smallest absolute Gasteiger partial charge is 0.305 e. The quantitative estimate of drug-likeness (QED) is 0.276. The lowest BCUT2D eigenvalue weighted by Crippen LogP contribution is -2.40. The molecular weight excluding hydrogens is 605 g/mol. The van der Waals surface area contributed by atoms with Crippen LogP contribution in [0.1, 0.15) is 121 Å². The van der Waals surface area contributed by atoms with Crippen molar-refractivity contribution < 1.29 is 19.1 Å². The zero-order valence-electron chi connectivity index (χ0n) is 28.7. The Morgan fingerprint density at radius 2 is 1.62 bits per heavy atom. The van der Waals surface area contributed by atoms with Gasteiger partial charge in [0.15, 0.2) is 0 Å². The topological polar surface area (TPSA) is 91.6 Å². The fourth-order valence-electron chi connectivity index (χ4n) is 7.76. The van der Waals surface area contributed by atoms with Gasteiger partial charge in [-0.15, -0.1) is 0 Å². The third-order valence-electron chi connectivity index (χ3n) is 10.7. The van der Waals surface area contributed by atoms with E-state index in [1.807, 2.05) is 19.2 Å². The van der Waals surface area contributed by atoms with E-state index in [-0.39, 0.29) is 17.0 Å². The van der Waals surface area contributed by atoms with Gasteiger partial charge in [0, 0.05) is 24.4 Å². The summed E-state index contributed by atoms with van der Waals surface area (Å²) in [6.07, 6.45) is 11.2. The maximum atomic E-state index is 16.5. The van der Waals surface area contributed by atoms with E-state index in [4.69, 9.17) is 0 Å². The van der Waals surface area contributed by atoms with Crippen molar-refractivity contribution in [3.8, 4) is 11.1 Å². The number of hydrogen-bond donors (Lipinski definition) is 2. The SMILES string of the molecule is Cc1cc(C)c2c(c1)CCCCCCC[C@H](n1cc(CCN3CCC3)c(C)cc1=O)C(=O)N[C@@H](CC(=O)O)c1cc-2cc(C2CC2)c1F. The first-order valence-corrected chi connectivity index (χ1v) is 18.0. The van der Waals surface area contributed by atoms with Crippen molar-refractivity contribution in [1.82, 2.24) is 14.8 Å². The molecule has 48 heavy (non-hydrogen) atoms. The molecule has 1 saturated heterocycles. The minimum atomic E-state index is -1.13. The van der Waals surface area contributed by atoms with E-state index < -0.39 is 36.2 Å². The first-order valence-electron chi connectivity index (χ1n) is 18.0. The standard InChI is InChI=1S/C40H50FN3O4/c1-25-18-27(3)38-29(19-25)10-7-5-4-6-8-11-35(44-24-30(26(2)20-36(44)45)14-17-43-15-9-16-43)40(48)42-34(23-37(46)47)33-22-31(38)21-32(39(33)41)28-12-13-28/h18-22,24,28,34-35H,4-17,23H2,1-3H3,(H,42,48)(H,46,47)/t34-,35-/m0/s1. The highest BCUT2D eigenvalue weighted by Gasteiger charge is 2.33. The van der Waals surface area contributed by atoms with Gasteiger partial charge in [-0.2, -0.15) is 0 Å². The number of likely N-dealkylation sites (tertiary alicyclic amines) is 1. The number of carboxylic acids is 1. The van der Waals surface area contributed by atoms with Gasteiger partial charge in [-0.3, -0.25) is 14.4 Å². The number of amides is 1. The maximum absolute atomic E-state index is 16.5. The van der Waals surface area contributed by atoms with Crippen molar-refractivity contribution in [2.45, 2.75) is 116 Å². The largest absolute Gasteiger partial charge is 0.481 e. The first-order chi connectivity index (χ1) is 23.1. The molecule has 1 aliphatic carbocycles. The zero-order valence-corrected chi connectivity index (χ0v) is 28.7. The molecule has 2 N–H and O–H groups in total. The second kappa shape index (κ2) is 14.8. The Bertz CT molecular complexity index is 1740. The summed E-state index contributed by atoms with van der Waals surface area (Å²) < 4.78 is 18.0. The van der Waals surface area contributed by atoms with Gasteiger partial charge in [0.2, 0.25) is 5.91 Å². The maximum Gasteiger partial charge on any atom is 0.305 e. The number of halogens is 1. The van der Waals surface area contributed by atoms with Crippen LogP contribution in [0.3, 0.4) is 0 Å². The molecule has 0 unspecified atom stereocenters. The minimum absolute atomic E-state index is 0.0817. The highest BCUT2D eigenvalue weighted by molar-refractivity contribution is 5.82. The van der Waals surface area contributed by atoms with Crippen molar-refractivity contribution in [2.24, 2.45) is 0 Å². The number of nitrogens with one attached hydrogen (secondary N) is 1. The number of benzene rings is 2. The molecule has 1 amide bonds. The van der Waals surface area contributed by atoms with Crippen LogP contribution < -0.4 is 10.9 Å². The molecule has 1 aromatic heterocycles. The van der Waals surface area contributed by atoms with Crippen LogP contribution >= 0.6 is 0 Å². The summed E-state index contributed by atoms with van der Waals surface area (Å²) >= 11 is 0. The number of aryl methyl sites for hydroxylation is 4. The number of carboxylic acid groups (broad SMARTS) is 1. The van der Waals surface area contributed by atoms with Crippen LogP contribution in [-0.2, 0) is 22.4 Å². The molecule has 1 saturated carbocycles. The van der Waals surface area contributed by atoms with E-state index in [0.717, 1.165) is 105 Å². The van der Waals surface area contributed by atoms with Crippen LogP contribution in [-0.4, -0.2) is 46.1 Å². The average molecular weight is 656 g/mol. The zero-order chi connectivity index (χ0) is 33.9. The van der Waals surface area contributed by atoms with E-state index in [9.17, 15) is 19.5 Å². The van der Waals surface area contributed by atoms with Crippen LogP contribution in [0.2, 0.25) is 0 Å². The van der Waals surface area contributed by atoms with Gasteiger partial charge >= 0.3 is 5.97 Å². The first kappa shape index (κ1) is 34.1. The molecule has 2 aliphatic heterocycles. The van der Waals surface area contributed by atoms with Crippen molar-refractivity contribution in [3.63, 3.8) is 0 Å². The van der Waals surface area contributed by atoms with E-state index >= 15 is 4.39 Å². The molecule has 6 rings (SSSR count). The number of nitrogens with zero attached hydrogens (tertiary/aromatic N) is 2. The molecule has 2 atom stereocenters. The van der Waals surface area contributed by atoms with Crippen LogP contribution in [0.4, 0.5) is 4.39 Å². The second-order valence-corrected chi connectivity index (χ2v) is 14.5. The van der Waals surface area contributed by atoms with Gasteiger partial charge in [-0.25, -0.2) is 4.39 Å². The van der Waals surface area contributed by atoms with Gasteiger partial charge < -0.3 is 19.9 Å². The van der Waals surface area contributed by atoms with Gasteiger partial charge in [0.25, 0.3) is 5.56 Å². The summed E-state index contributed by atoms with van der Waals surface area (Å²) in [7, 11) is 0.